The van der Waals surface area contributed by atoms with E-state index < -0.39 is 0 Å². The van der Waals surface area contributed by atoms with Crippen molar-refractivity contribution in [1.82, 2.24) is 4.57 Å². The molecule has 2 heterocycles. The lowest BCUT2D eigenvalue weighted by Crippen LogP contribution is -2.10. The molecule has 0 aliphatic carbocycles. The molecule has 0 saturated heterocycles. The molecular weight excluding hydrogens is 430 g/mol. The number of hydrogen-bond acceptors (Lipinski definition) is 1. The highest BCUT2D eigenvalue weighted by molar-refractivity contribution is 7.27. The Hall–Kier alpha value is -3.62. The van der Waals surface area contributed by atoms with Gasteiger partial charge in [-0.2, -0.15) is 0 Å². The van der Waals surface area contributed by atoms with Gasteiger partial charge in [-0.25, -0.2) is 0 Å². The number of hydrogen-bond donors (Lipinski definition) is 0. The maximum atomic E-state index is 2.48. The molecule has 7 aromatic rings. The zero-order valence-corrected chi connectivity index (χ0v) is 20.4. The fourth-order valence-electron chi connectivity index (χ4n) is 5.45. The summed E-state index contributed by atoms with van der Waals surface area (Å²) in [6.07, 6.45) is 0. The lowest BCUT2D eigenvalue weighted by molar-refractivity contribution is 0.591. The molecule has 0 saturated carbocycles. The Morgan fingerprint density at radius 3 is 1.91 bits per heavy atom. The van der Waals surface area contributed by atoms with Gasteiger partial charge in [0.15, 0.2) is 0 Å². The van der Waals surface area contributed by atoms with E-state index >= 15 is 0 Å². The topological polar surface area (TPSA) is 4.93 Å². The lowest BCUT2D eigenvalue weighted by atomic mass is 9.86. The molecule has 0 aliphatic heterocycles. The number of para-hydroxylation sites is 1. The van der Waals surface area contributed by atoms with Crippen molar-refractivity contribution < 1.29 is 0 Å². The van der Waals surface area contributed by atoms with Gasteiger partial charge >= 0.3 is 0 Å². The normalized spacial score (nSPS) is 12.6. The van der Waals surface area contributed by atoms with E-state index in [4.69, 9.17) is 0 Å². The van der Waals surface area contributed by atoms with Crippen LogP contribution in [0.4, 0.5) is 0 Å². The van der Waals surface area contributed by atoms with Crippen LogP contribution in [0.2, 0.25) is 0 Å². The summed E-state index contributed by atoms with van der Waals surface area (Å²) < 4.78 is 5.24. The number of fused-ring (bicyclic) bond motifs is 10. The molecule has 164 valence electrons. The molecule has 34 heavy (non-hydrogen) atoms. The first-order valence-corrected chi connectivity index (χ1v) is 12.7. The fraction of sp³-hybridized carbons (Fsp3) is 0.125. The molecule has 0 aliphatic rings. The summed E-state index contributed by atoms with van der Waals surface area (Å²) in [6.45, 7) is 6.89. The molecule has 0 bridgehead atoms. The zero-order chi connectivity index (χ0) is 23.0. The molecule has 0 fully saturated rings. The Bertz CT molecular complexity index is 1880. The van der Waals surface area contributed by atoms with Crippen LogP contribution in [0, 0.1) is 0 Å². The first-order valence-electron chi connectivity index (χ1n) is 11.9. The third-order valence-corrected chi connectivity index (χ3v) is 8.37. The predicted molar refractivity (Wildman–Crippen MR) is 150 cm³/mol. The maximum absolute atomic E-state index is 2.48. The summed E-state index contributed by atoms with van der Waals surface area (Å²) in [4.78, 5) is 0. The Morgan fingerprint density at radius 1 is 0.588 bits per heavy atom. The highest BCUT2D eigenvalue weighted by atomic mass is 32.1. The summed E-state index contributed by atoms with van der Waals surface area (Å²) in [7, 11) is 0. The first kappa shape index (κ1) is 19.8. The van der Waals surface area contributed by atoms with Crippen LogP contribution in [0.3, 0.4) is 0 Å². The van der Waals surface area contributed by atoms with Gasteiger partial charge in [0, 0.05) is 26.5 Å². The average Bonchev–Trinajstić information content (AvgIpc) is 3.39. The summed E-state index contributed by atoms with van der Waals surface area (Å²) in [5, 5.41) is 8.05. The van der Waals surface area contributed by atoms with Crippen molar-refractivity contribution in [1.29, 1.82) is 0 Å². The molecule has 0 atom stereocenters. The number of rotatable bonds is 1. The predicted octanol–water partition coefficient (Wildman–Crippen LogP) is 9.60. The number of nitrogens with zero attached hydrogens (tertiary/aromatic N) is 1. The standard InChI is InChI=1S/C32H25NS/c1-32(2,3)20-17-18-27-26(19-20)31-29(33(27)21-11-5-4-6-12-21)28-24-15-9-7-13-22(24)23-14-8-10-16-25(23)30(28)34-31/h4-19H,1-3H3. The van der Waals surface area contributed by atoms with Crippen molar-refractivity contribution in [3.63, 3.8) is 0 Å². The van der Waals surface area contributed by atoms with Gasteiger partial charge in [0.25, 0.3) is 0 Å². The molecule has 0 unspecified atom stereocenters. The van der Waals surface area contributed by atoms with E-state index in [9.17, 15) is 0 Å². The smallest absolute Gasteiger partial charge is 0.0734 e. The van der Waals surface area contributed by atoms with Crippen molar-refractivity contribution in [2.75, 3.05) is 0 Å². The first-order chi connectivity index (χ1) is 16.5. The van der Waals surface area contributed by atoms with E-state index in [0.717, 1.165) is 0 Å². The highest BCUT2D eigenvalue weighted by Crippen LogP contribution is 2.48. The minimum absolute atomic E-state index is 0.103. The van der Waals surface area contributed by atoms with E-state index in [1.807, 2.05) is 11.3 Å². The van der Waals surface area contributed by atoms with E-state index in [2.05, 4.69) is 122 Å². The molecule has 2 heteroatoms. The summed E-state index contributed by atoms with van der Waals surface area (Å²) in [5.41, 5.74) is 5.29. The van der Waals surface area contributed by atoms with Crippen LogP contribution in [0.1, 0.15) is 26.3 Å². The van der Waals surface area contributed by atoms with Crippen molar-refractivity contribution in [2.24, 2.45) is 0 Å². The highest BCUT2D eigenvalue weighted by Gasteiger charge is 2.23. The Labute approximate surface area is 202 Å². The molecule has 0 radical (unpaired) electrons. The third-order valence-electron chi connectivity index (χ3n) is 7.13. The van der Waals surface area contributed by atoms with Gasteiger partial charge in [-0.05, 0) is 51.4 Å². The van der Waals surface area contributed by atoms with Gasteiger partial charge in [-0.15, -0.1) is 11.3 Å². The minimum Gasteiger partial charge on any atom is -0.308 e. The molecular formula is C32H25NS. The van der Waals surface area contributed by atoms with Gasteiger partial charge in [0.05, 0.1) is 15.7 Å². The van der Waals surface area contributed by atoms with Crippen LogP contribution in [0.25, 0.3) is 58.4 Å². The van der Waals surface area contributed by atoms with Gasteiger partial charge in [-0.3, -0.25) is 0 Å². The molecule has 1 nitrogen and oxygen atoms in total. The van der Waals surface area contributed by atoms with Crippen LogP contribution in [0.5, 0.6) is 0 Å². The van der Waals surface area contributed by atoms with Crippen LogP contribution in [-0.2, 0) is 5.41 Å². The zero-order valence-electron chi connectivity index (χ0n) is 19.6. The second-order valence-electron chi connectivity index (χ2n) is 10.2. The van der Waals surface area contributed by atoms with Gasteiger partial charge in [0.2, 0.25) is 0 Å². The Kier molecular flexibility index (Phi) is 4.05. The number of thiophene rings is 1. The fourth-order valence-corrected chi connectivity index (χ4v) is 6.82. The second-order valence-corrected chi connectivity index (χ2v) is 11.2. The van der Waals surface area contributed by atoms with Crippen molar-refractivity contribution in [2.45, 2.75) is 26.2 Å². The monoisotopic (exact) mass is 455 g/mol. The van der Waals surface area contributed by atoms with E-state index in [-0.39, 0.29) is 5.41 Å². The van der Waals surface area contributed by atoms with Crippen molar-refractivity contribution in [3.8, 4) is 5.69 Å². The molecule has 2 aromatic heterocycles. The second kappa shape index (κ2) is 6.94. The Balaban J connectivity index is 1.79. The van der Waals surface area contributed by atoms with Crippen LogP contribution in [0.15, 0.2) is 97.1 Å². The molecule has 0 spiro atoms. The quantitative estimate of drug-likeness (QED) is 0.217. The minimum atomic E-state index is 0.103. The summed E-state index contributed by atoms with van der Waals surface area (Å²) >= 11 is 1.95. The van der Waals surface area contributed by atoms with Gasteiger partial charge in [-0.1, -0.05) is 93.6 Å². The van der Waals surface area contributed by atoms with Crippen LogP contribution < -0.4 is 0 Å². The number of benzene rings is 5. The van der Waals surface area contributed by atoms with Crippen molar-refractivity contribution in [3.05, 3.63) is 103 Å². The van der Waals surface area contributed by atoms with E-state index in [1.54, 1.807) is 0 Å². The largest absolute Gasteiger partial charge is 0.308 e. The summed E-state index contributed by atoms with van der Waals surface area (Å²) in [5.74, 6) is 0. The van der Waals surface area contributed by atoms with E-state index in [0.29, 0.717) is 0 Å². The molecule has 0 amide bonds. The molecule has 7 rings (SSSR count). The van der Waals surface area contributed by atoms with Crippen LogP contribution >= 0.6 is 11.3 Å². The maximum Gasteiger partial charge on any atom is 0.0734 e. The van der Waals surface area contributed by atoms with E-state index in [1.165, 1.54) is 64.0 Å². The SMILES string of the molecule is CC(C)(C)c1ccc2c(c1)c1sc3c4ccccc4c4ccccc4c3c1n2-c1ccccc1. The number of aromatic nitrogens is 1. The molecule has 5 aromatic carbocycles. The Morgan fingerprint density at radius 2 is 1.21 bits per heavy atom. The van der Waals surface area contributed by atoms with Gasteiger partial charge in [0.1, 0.15) is 0 Å². The summed E-state index contributed by atoms with van der Waals surface area (Å²) in [6, 6.07) is 35.7. The van der Waals surface area contributed by atoms with Crippen LogP contribution in [-0.4, -0.2) is 4.57 Å². The third kappa shape index (κ3) is 2.66. The van der Waals surface area contributed by atoms with Crippen molar-refractivity contribution >= 4 is 64.1 Å². The molecule has 0 N–H and O–H groups in total. The average molecular weight is 456 g/mol. The lowest BCUT2D eigenvalue weighted by Gasteiger charge is -2.19. The van der Waals surface area contributed by atoms with Gasteiger partial charge < -0.3 is 4.57 Å².